The minimum atomic E-state index is -0.227. The zero-order valence-corrected chi connectivity index (χ0v) is 12.4. The van der Waals surface area contributed by atoms with Gasteiger partial charge >= 0.3 is 0 Å². The lowest BCUT2D eigenvalue weighted by atomic mass is 10.4. The summed E-state index contributed by atoms with van der Waals surface area (Å²) in [6, 6.07) is 3.58. The van der Waals surface area contributed by atoms with E-state index in [0.29, 0.717) is 17.2 Å². The summed E-state index contributed by atoms with van der Waals surface area (Å²) in [5, 5.41) is 3.54. The van der Waals surface area contributed by atoms with Gasteiger partial charge in [0.25, 0.3) is 5.91 Å². The lowest BCUT2D eigenvalue weighted by Gasteiger charge is -2.16. The van der Waals surface area contributed by atoms with Crippen molar-refractivity contribution in [2.45, 2.75) is 20.4 Å². The molecule has 20 heavy (non-hydrogen) atoms. The Labute approximate surface area is 121 Å². The molecule has 0 aliphatic heterocycles. The maximum Gasteiger partial charge on any atom is 0.265 e. The van der Waals surface area contributed by atoms with E-state index in [1.807, 2.05) is 13.8 Å². The van der Waals surface area contributed by atoms with Crippen molar-refractivity contribution in [1.82, 2.24) is 10.3 Å². The molecule has 108 valence electrons. The average Bonchev–Trinajstić information content (AvgIpc) is 3.07. The van der Waals surface area contributed by atoms with Crippen molar-refractivity contribution in [2.75, 3.05) is 23.7 Å². The van der Waals surface area contributed by atoms with Crippen LogP contribution in [0.1, 0.15) is 29.3 Å². The highest BCUT2D eigenvalue weighted by molar-refractivity contribution is 7.18. The molecule has 6 nitrogen and oxygen atoms in total. The number of carbonyl (C=O) groups is 1. The first-order chi connectivity index (χ1) is 9.65. The van der Waals surface area contributed by atoms with Crippen molar-refractivity contribution in [3.05, 3.63) is 29.0 Å². The van der Waals surface area contributed by atoms with Gasteiger partial charge in [0.15, 0.2) is 5.13 Å². The third kappa shape index (κ3) is 3.11. The topological polar surface area (TPSA) is 84.4 Å². The molecule has 0 unspecified atom stereocenters. The highest BCUT2D eigenvalue weighted by Gasteiger charge is 2.18. The Morgan fingerprint density at radius 2 is 2.25 bits per heavy atom. The number of nitrogens with one attached hydrogen (secondary N) is 1. The molecule has 0 bridgehead atoms. The number of aromatic nitrogens is 1. The van der Waals surface area contributed by atoms with Gasteiger partial charge in [-0.3, -0.25) is 4.79 Å². The summed E-state index contributed by atoms with van der Waals surface area (Å²) in [6.45, 7) is 6.08. The van der Waals surface area contributed by atoms with Crippen molar-refractivity contribution in [1.29, 1.82) is 0 Å². The Hall–Kier alpha value is -2.02. The van der Waals surface area contributed by atoms with E-state index in [9.17, 15) is 4.79 Å². The largest absolute Gasteiger partial charge is 0.467 e. The molecule has 0 aliphatic carbocycles. The molecule has 0 saturated heterocycles. The second-order valence-corrected chi connectivity index (χ2v) is 5.12. The van der Waals surface area contributed by atoms with Gasteiger partial charge in [0, 0.05) is 13.1 Å². The number of rotatable bonds is 6. The lowest BCUT2D eigenvalue weighted by molar-refractivity contribution is 0.0953. The Morgan fingerprint density at radius 3 is 2.85 bits per heavy atom. The second kappa shape index (κ2) is 6.42. The molecule has 2 aromatic rings. The van der Waals surface area contributed by atoms with Gasteiger partial charge in [-0.25, -0.2) is 4.98 Å². The van der Waals surface area contributed by atoms with Crippen LogP contribution in [0.5, 0.6) is 0 Å². The number of anilines is 2. The first kappa shape index (κ1) is 14.4. The van der Waals surface area contributed by atoms with Gasteiger partial charge in [0.1, 0.15) is 16.5 Å². The molecule has 0 spiro atoms. The van der Waals surface area contributed by atoms with Gasteiger partial charge in [0.05, 0.1) is 12.8 Å². The molecule has 2 rings (SSSR count). The molecule has 1 amide bonds. The minimum absolute atomic E-state index is 0.227. The SMILES string of the molecule is CCN(CC)c1nc(N)c(C(=O)NCc2ccco2)s1. The Balaban J connectivity index is 2.06. The Morgan fingerprint density at radius 1 is 1.50 bits per heavy atom. The van der Waals surface area contributed by atoms with Crippen LogP contribution < -0.4 is 16.0 Å². The van der Waals surface area contributed by atoms with Crippen molar-refractivity contribution >= 4 is 28.2 Å². The van der Waals surface area contributed by atoms with Gasteiger partial charge in [-0.05, 0) is 26.0 Å². The molecule has 0 fully saturated rings. The zero-order chi connectivity index (χ0) is 14.5. The summed E-state index contributed by atoms with van der Waals surface area (Å²) in [7, 11) is 0. The van der Waals surface area contributed by atoms with Crippen molar-refractivity contribution < 1.29 is 9.21 Å². The van der Waals surface area contributed by atoms with Gasteiger partial charge < -0.3 is 20.4 Å². The zero-order valence-electron chi connectivity index (χ0n) is 11.5. The van der Waals surface area contributed by atoms with Crippen LogP contribution in [0.4, 0.5) is 10.9 Å². The van der Waals surface area contributed by atoms with Gasteiger partial charge in [-0.2, -0.15) is 0 Å². The summed E-state index contributed by atoms with van der Waals surface area (Å²) >= 11 is 1.31. The van der Waals surface area contributed by atoms with Crippen LogP contribution in [0, 0.1) is 0 Å². The molecule has 7 heteroatoms. The number of amides is 1. The molecule has 0 atom stereocenters. The number of nitrogens with zero attached hydrogens (tertiary/aromatic N) is 2. The predicted molar refractivity (Wildman–Crippen MR) is 80.0 cm³/mol. The van der Waals surface area contributed by atoms with Crippen LogP contribution in [0.25, 0.3) is 0 Å². The van der Waals surface area contributed by atoms with Crippen LogP contribution in [0.3, 0.4) is 0 Å². The van der Waals surface area contributed by atoms with E-state index in [-0.39, 0.29) is 11.7 Å². The molecule has 0 aromatic carbocycles. The van der Waals surface area contributed by atoms with E-state index >= 15 is 0 Å². The number of nitrogens with two attached hydrogens (primary N) is 1. The van der Waals surface area contributed by atoms with E-state index in [4.69, 9.17) is 10.2 Å². The van der Waals surface area contributed by atoms with E-state index < -0.39 is 0 Å². The standard InChI is InChI=1S/C13H18N4O2S/c1-3-17(4-2)13-16-11(14)10(20-13)12(18)15-8-9-6-5-7-19-9/h5-7H,3-4,8,14H2,1-2H3,(H,15,18). The summed E-state index contributed by atoms with van der Waals surface area (Å²) in [6.07, 6.45) is 1.57. The van der Waals surface area contributed by atoms with E-state index in [2.05, 4.69) is 15.2 Å². The number of hydrogen-bond donors (Lipinski definition) is 2. The molecule has 0 saturated carbocycles. The van der Waals surface area contributed by atoms with Crippen LogP contribution in [-0.2, 0) is 6.54 Å². The van der Waals surface area contributed by atoms with Crippen molar-refractivity contribution in [2.24, 2.45) is 0 Å². The minimum Gasteiger partial charge on any atom is -0.467 e. The summed E-state index contributed by atoms with van der Waals surface area (Å²) in [4.78, 5) is 18.9. The smallest absolute Gasteiger partial charge is 0.265 e. The van der Waals surface area contributed by atoms with Crippen molar-refractivity contribution in [3.63, 3.8) is 0 Å². The normalized spacial score (nSPS) is 10.5. The van der Waals surface area contributed by atoms with Crippen LogP contribution in [0.15, 0.2) is 22.8 Å². The number of furan rings is 1. The number of thiazole rings is 1. The fraction of sp³-hybridized carbons (Fsp3) is 0.385. The van der Waals surface area contributed by atoms with Gasteiger partial charge in [0.2, 0.25) is 0 Å². The molecular formula is C13H18N4O2S. The van der Waals surface area contributed by atoms with Crippen LogP contribution >= 0.6 is 11.3 Å². The van der Waals surface area contributed by atoms with Gasteiger partial charge in [-0.1, -0.05) is 11.3 Å². The van der Waals surface area contributed by atoms with Crippen molar-refractivity contribution in [3.8, 4) is 0 Å². The van der Waals surface area contributed by atoms with Gasteiger partial charge in [-0.15, -0.1) is 0 Å². The van der Waals surface area contributed by atoms with Crippen LogP contribution in [-0.4, -0.2) is 24.0 Å². The predicted octanol–water partition coefficient (Wildman–Crippen LogP) is 2.09. The number of hydrogen-bond acceptors (Lipinski definition) is 6. The summed E-state index contributed by atoms with van der Waals surface area (Å²) < 4.78 is 5.16. The first-order valence-electron chi connectivity index (χ1n) is 6.47. The fourth-order valence-corrected chi connectivity index (χ4v) is 2.80. The Kier molecular flexibility index (Phi) is 4.62. The maximum atomic E-state index is 12.1. The second-order valence-electron chi connectivity index (χ2n) is 4.15. The third-order valence-electron chi connectivity index (χ3n) is 2.89. The molecule has 3 N–H and O–H groups in total. The molecule has 0 aliphatic rings. The monoisotopic (exact) mass is 294 g/mol. The summed E-state index contributed by atoms with van der Waals surface area (Å²) in [5.74, 6) is 0.744. The molecule has 2 aromatic heterocycles. The Bertz CT molecular complexity index is 561. The molecule has 2 heterocycles. The average molecular weight is 294 g/mol. The highest BCUT2D eigenvalue weighted by atomic mass is 32.1. The quantitative estimate of drug-likeness (QED) is 0.852. The van der Waals surface area contributed by atoms with E-state index in [1.165, 1.54) is 11.3 Å². The van der Waals surface area contributed by atoms with Crippen LogP contribution in [0.2, 0.25) is 0 Å². The lowest BCUT2D eigenvalue weighted by Crippen LogP contribution is -2.22. The summed E-state index contributed by atoms with van der Waals surface area (Å²) in [5.41, 5.74) is 5.83. The first-order valence-corrected chi connectivity index (χ1v) is 7.29. The molecule has 0 radical (unpaired) electrons. The van der Waals surface area contributed by atoms with E-state index in [0.717, 1.165) is 18.2 Å². The van der Waals surface area contributed by atoms with E-state index in [1.54, 1.807) is 18.4 Å². The maximum absolute atomic E-state index is 12.1. The fourth-order valence-electron chi connectivity index (χ4n) is 1.77. The third-order valence-corrected chi connectivity index (χ3v) is 4.02. The number of carbonyl (C=O) groups excluding carboxylic acids is 1. The number of nitrogen functional groups attached to an aromatic ring is 1. The molecular weight excluding hydrogens is 276 g/mol. The highest BCUT2D eigenvalue weighted by Crippen LogP contribution is 2.27.